The lowest BCUT2D eigenvalue weighted by molar-refractivity contribution is -0.123. The molecule has 6 rings (SSSR count). The van der Waals surface area contributed by atoms with Crippen LogP contribution in [0.1, 0.15) is 32.3 Å². The Hall–Kier alpha value is -5.23. The average Bonchev–Trinajstić information content (AvgIpc) is 3.78. The second-order valence-electron chi connectivity index (χ2n) is 10.4. The van der Waals surface area contributed by atoms with Crippen molar-refractivity contribution in [1.82, 2.24) is 25.9 Å². The molecule has 1 aliphatic heterocycles. The Morgan fingerprint density at radius 2 is 1.82 bits per heavy atom. The predicted molar refractivity (Wildman–Crippen MR) is 165 cm³/mol. The van der Waals surface area contributed by atoms with E-state index in [2.05, 4.69) is 25.9 Å². The highest BCUT2D eigenvalue weighted by Gasteiger charge is 2.34. The summed E-state index contributed by atoms with van der Waals surface area (Å²) < 4.78 is 11.3. The first-order chi connectivity index (χ1) is 21.4. The van der Waals surface area contributed by atoms with Gasteiger partial charge in [0.2, 0.25) is 11.7 Å². The summed E-state index contributed by atoms with van der Waals surface area (Å²) in [6, 6.07) is 21.2. The fourth-order valence-electron chi connectivity index (χ4n) is 5.19. The zero-order chi connectivity index (χ0) is 30.6. The molecule has 12 heteroatoms. The Labute approximate surface area is 256 Å². The van der Waals surface area contributed by atoms with Crippen LogP contribution in [-0.4, -0.2) is 65.5 Å². The van der Waals surface area contributed by atoms with Gasteiger partial charge in [-0.05, 0) is 42.3 Å². The number of alkyl carbamates (subject to hydrolysis) is 1. The van der Waals surface area contributed by atoms with Crippen LogP contribution in [0.3, 0.4) is 0 Å². The smallest absolute Gasteiger partial charge is 0.407 e. The molecule has 0 bridgehead atoms. The molecule has 1 unspecified atom stereocenters. The summed E-state index contributed by atoms with van der Waals surface area (Å²) >= 11 is 1.23. The Kier molecular flexibility index (Phi) is 8.24. The van der Waals surface area contributed by atoms with Gasteiger partial charge in [0.15, 0.2) is 5.01 Å². The number of ketones is 1. The number of aromatic nitrogens is 2. The number of carbonyl (C=O) groups excluding carboxylic acids is 4. The maximum atomic E-state index is 13.9. The summed E-state index contributed by atoms with van der Waals surface area (Å²) in [6.45, 7) is 0.0619. The molecular weight excluding hydrogens is 582 g/mol. The first kappa shape index (κ1) is 28.9. The number of ether oxygens (including phenoxy) is 2. The number of hydrogen-bond acceptors (Lipinski definition) is 8. The third-order valence-corrected chi connectivity index (χ3v) is 8.44. The molecule has 3 atom stereocenters. The zero-order valence-corrected chi connectivity index (χ0v) is 24.5. The molecule has 1 aliphatic rings. The Morgan fingerprint density at radius 1 is 1.02 bits per heavy atom. The molecule has 11 nitrogen and oxygen atoms in total. The van der Waals surface area contributed by atoms with Gasteiger partial charge in [0.25, 0.3) is 5.91 Å². The molecule has 224 valence electrons. The van der Waals surface area contributed by atoms with E-state index in [1.165, 1.54) is 11.3 Å². The monoisotopic (exact) mass is 611 g/mol. The SMILES string of the molecule is COc1cccc2[nH]c(C(=O)N[C@@H](Cc3ccccc3)C(=O)N[C@@H](CC3COC(=O)N3)C(=O)c3nc4ccccc4s3)cc12. The van der Waals surface area contributed by atoms with E-state index in [1.807, 2.05) is 66.7 Å². The summed E-state index contributed by atoms with van der Waals surface area (Å²) in [4.78, 5) is 60.4. The first-order valence-corrected chi connectivity index (χ1v) is 14.8. The number of thiazole rings is 1. The Morgan fingerprint density at radius 3 is 2.57 bits per heavy atom. The number of amides is 3. The molecule has 1 saturated heterocycles. The lowest BCUT2D eigenvalue weighted by atomic mass is 10.0. The van der Waals surface area contributed by atoms with Gasteiger partial charge < -0.3 is 30.4 Å². The van der Waals surface area contributed by atoms with E-state index in [1.54, 1.807) is 19.2 Å². The van der Waals surface area contributed by atoms with E-state index in [-0.39, 0.29) is 30.2 Å². The third kappa shape index (κ3) is 6.25. The van der Waals surface area contributed by atoms with Crippen molar-refractivity contribution in [3.05, 3.63) is 95.1 Å². The highest BCUT2D eigenvalue weighted by Crippen LogP contribution is 2.26. The number of methoxy groups -OCH3 is 1. The molecule has 0 radical (unpaired) electrons. The maximum Gasteiger partial charge on any atom is 0.407 e. The highest BCUT2D eigenvalue weighted by molar-refractivity contribution is 7.20. The normalized spacial score (nSPS) is 15.8. The topological polar surface area (TPSA) is 152 Å². The van der Waals surface area contributed by atoms with Gasteiger partial charge in [-0.25, -0.2) is 9.78 Å². The molecule has 1 fully saturated rings. The molecule has 0 spiro atoms. The molecule has 0 aliphatic carbocycles. The van der Waals surface area contributed by atoms with E-state index < -0.39 is 41.8 Å². The van der Waals surface area contributed by atoms with Gasteiger partial charge in [-0.3, -0.25) is 14.4 Å². The van der Waals surface area contributed by atoms with Crippen molar-refractivity contribution in [3.8, 4) is 5.75 Å². The summed E-state index contributed by atoms with van der Waals surface area (Å²) in [6.07, 6.45) is -0.329. The van der Waals surface area contributed by atoms with Gasteiger partial charge in [0.1, 0.15) is 24.1 Å². The van der Waals surface area contributed by atoms with Gasteiger partial charge in [-0.2, -0.15) is 0 Å². The van der Waals surface area contributed by atoms with Crippen molar-refractivity contribution in [1.29, 1.82) is 0 Å². The van der Waals surface area contributed by atoms with Crippen molar-refractivity contribution in [2.24, 2.45) is 0 Å². The number of nitrogens with zero attached hydrogens (tertiary/aromatic N) is 1. The number of fused-ring (bicyclic) bond motifs is 2. The van der Waals surface area contributed by atoms with Crippen LogP contribution >= 0.6 is 11.3 Å². The Bertz CT molecular complexity index is 1820. The third-order valence-electron chi connectivity index (χ3n) is 7.39. The number of benzene rings is 3. The van der Waals surface area contributed by atoms with Gasteiger partial charge in [0.05, 0.1) is 29.4 Å². The summed E-state index contributed by atoms with van der Waals surface area (Å²) in [7, 11) is 1.55. The van der Waals surface area contributed by atoms with E-state index in [4.69, 9.17) is 9.47 Å². The molecule has 4 N–H and O–H groups in total. The van der Waals surface area contributed by atoms with Crippen molar-refractivity contribution in [3.63, 3.8) is 0 Å². The summed E-state index contributed by atoms with van der Waals surface area (Å²) in [5, 5.41) is 9.33. The van der Waals surface area contributed by atoms with Crippen LogP contribution in [0.15, 0.2) is 78.9 Å². The lowest BCUT2D eigenvalue weighted by Gasteiger charge is -2.24. The van der Waals surface area contributed by atoms with E-state index in [0.717, 1.165) is 15.6 Å². The standard InChI is InChI=1S/C32H29N5O6S/c1-42-26-12-7-11-21-20(26)16-25(34-21)30(40)36-24(14-18-8-3-2-4-9-18)29(39)35-23(15-19-17-43-32(41)33-19)28(38)31-37-22-10-5-6-13-27(22)44-31/h2-13,16,19,23-24,34H,14-15,17H2,1H3,(H,33,41)(H,35,39)(H,36,40)/t19?,23-,24-/m0/s1. The van der Waals surface area contributed by atoms with Gasteiger partial charge in [0, 0.05) is 17.3 Å². The minimum Gasteiger partial charge on any atom is -0.496 e. The number of aromatic amines is 1. The molecule has 5 aromatic rings. The summed E-state index contributed by atoms with van der Waals surface area (Å²) in [5.41, 5.74) is 2.45. The van der Waals surface area contributed by atoms with Crippen LogP contribution < -0.4 is 20.7 Å². The van der Waals surface area contributed by atoms with Crippen molar-refractivity contribution in [2.75, 3.05) is 13.7 Å². The molecule has 0 saturated carbocycles. The molecule has 3 amide bonds. The minimum atomic E-state index is -1.04. The quantitative estimate of drug-likeness (QED) is 0.165. The number of carbonyl (C=O) groups is 4. The number of rotatable bonds is 11. The lowest BCUT2D eigenvalue weighted by Crippen LogP contribution is -2.53. The second kappa shape index (κ2) is 12.6. The predicted octanol–water partition coefficient (Wildman–Crippen LogP) is 3.99. The number of nitrogens with one attached hydrogen (secondary N) is 4. The van der Waals surface area contributed by atoms with Crippen LogP contribution in [0, 0.1) is 0 Å². The Balaban J connectivity index is 1.27. The van der Waals surface area contributed by atoms with E-state index in [0.29, 0.717) is 16.8 Å². The molecular formula is C32H29N5O6S. The molecule has 3 heterocycles. The number of H-pyrrole nitrogens is 1. The minimum absolute atomic E-state index is 0.0619. The summed E-state index contributed by atoms with van der Waals surface area (Å²) in [5.74, 6) is -0.839. The van der Waals surface area contributed by atoms with Crippen molar-refractivity contribution >= 4 is 56.1 Å². The van der Waals surface area contributed by atoms with E-state index in [9.17, 15) is 19.2 Å². The van der Waals surface area contributed by atoms with E-state index >= 15 is 0 Å². The van der Waals surface area contributed by atoms with Crippen LogP contribution in [-0.2, 0) is 16.0 Å². The molecule has 44 heavy (non-hydrogen) atoms. The van der Waals surface area contributed by atoms with Crippen LogP contribution in [0.2, 0.25) is 0 Å². The second-order valence-corrected chi connectivity index (χ2v) is 11.4. The van der Waals surface area contributed by atoms with Gasteiger partial charge in [-0.15, -0.1) is 11.3 Å². The van der Waals surface area contributed by atoms with Crippen LogP contribution in [0.25, 0.3) is 21.1 Å². The van der Waals surface area contributed by atoms with Crippen molar-refractivity contribution < 1.29 is 28.7 Å². The number of cyclic esters (lactones) is 1. The largest absolute Gasteiger partial charge is 0.496 e. The van der Waals surface area contributed by atoms with Crippen LogP contribution in [0.4, 0.5) is 4.79 Å². The number of Topliss-reactive ketones (excluding diaryl/α,β-unsaturated/α-hetero) is 1. The van der Waals surface area contributed by atoms with Gasteiger partial charge in [-0.1, -0.05) is 48.5 Å². The zero-order valence-electron chi connectivity index (χ0n) is 23.7. The maximum absolute atomic E-state index is 13.9. The van der Waals surface area contributed by atoms with Crippen LogP contribution in [0.5, 0.6) is 5.75 Å². The highest BCUT2D eigenvalue weighted by atomic mass is 32.1. The van der Waals surface area contributed by atoms with Crippen molar-refractivity contribution in [2.45, 2.75) is 31.0 Å². The fourth-order valence-corrected chi connectivity index (χ4v) is 6.15. The number of para-hydroxylation sites is 1. The number of hydrogen-bond donors (Lipinski definition) is 4. The average molecular weight is 612 g/mol. The first-order valence-electron chi connectivity index (χ1n) is 14.0. The molecule has 2 aromatic heterocycles. The fraction of sp³-hybridized carbons (Fsp3) is 0.219. The van der Waals surface area contributed by atoms with Gasteiger partial charge >= 0.3 is 6.09 Å². The molecule has 3 aromatic carbocycles.